The van der Waals surface area contributed by atoms with Crippen LogP contribution in [0.4, 0.5) is 14.5 Å². The first-order valence-electron chi connectivity index (χ1n) is 26.7. The molecular formula is C58H68ClF2N9O13. The van der Waals surface area contributed by atoms with Crippen molar-refractivity contribution in [2.75, 3.05) is 104 Å². The van der Waals surface area contributed by atoms with Crippen molar-refractivity contribution in [2.24, 2.45) is 5.41 Å². The number of nitrogens with one attached hydrogen (secondary N) is 3. The van der Waals surface area contributed by atoms with Crippen LogP contribution in [-0.2, 0) is 38.0 Å². The lowest BCUT2D eigenvalue weighted by Gasteiger charge is -2.21. The third-order valence-corrected chi connectivity index (χ3v) is 12.4. The zero-order valence-electron chi connectivity index (χ0n) is 46.8. The summed E-state index contributed by atoms with van der Waals surface area (Å²) in [5, 5.41) is 27.6. The van der Waals surface area contributed by atoms with Gasteiger partial charge in [-0.05, 0) is 68.5 Å². The van der Waals surface area contributed by atoms with E-state index in [-0.39, 0.29) is 94.6 Å². The number of amides is 2. The first kappa shape index (κ1) is 64.4. The Hall–Kier alpha value is -7.76. The predicted octanol–water partition coefficient (Wildman–Crippen LogP) is 8.24. The number of carbonyl (C=O) groups excluding carboxylic acids is 2. The summed E-state index contributed by atoms with van der Waals surface area (Å²) in [5.41, 5.74) is 2.06. The van der Waals surface area contributed by atoms with Crippen LogP contribution in [0.25, 0.3) is 22.3 Å². The minimum absolute atomic E-state index is 0.0532. The van der Waals surface area contributed by atoms with Crippen LogP contribution in [0.5, 0.6) is 23.4 Å². The fraction of sp³-hybridized carbons (Fsp3) is 0.431. The lowest BCUT2D eigenvalue weighted by Crippen LogP contribution is -2.41. The summed E-state index contributed by atoms with van der Waals surface area (Å²) in [7, 11) is 0. The Labute approximate surface area is 484 Å². The summed E-state index contributed by atoms with van der Waals surface area (Å²) in [6.45, 7) is 13.8. The number of aromatic nitrogens is 5. The highest BCUT2D eigenvalue weighted by molar-refractivity contribution is 6.35. The van der Waals surface area contributed by atoms with E-state index in [0.717, 1.165) is 0 Å². The Morgan fingerprint density at radius 2 is 1.37 bits per heavy atom. The SMILES string of the molecule is Cc1nc2cc(F)c(-c3cnc(OCCOCCOCCOCCOCCOCCOCCNC(=O)COc4cccc(Oc5ccc(C(=O)N[C@@H](CCC(C)(C)C)C(=O)O)cn5)c4)nc3)nc2c(N[C@H](C)c2cc(C#N)ccc2F)c1Cl. The molecule has 6 rings (SSSR count). The number of aryl methyl sites for hydroxylation is 1. The number of carboxylic acids is 1. The second-order valence-corrected chi connectivity index (χ2v) is 20.0. The van der Waals surface area contributed by atoms with Crippen molar-refractivity contribution in [1.29, 1.82) is 5.26 Å². The third-order valence-electron chi connectivity index (χ3n) is 11.9. The van der Waals surface area contributed by atoms with E-state index in [4.69, 9.17) is 54.2 Å². The number of halogens is 3. The van der Waals surface area contributed by atoms with Crippen molar-refractivity contribution >= 4 is 46.1 Å². The van der Waals surface area contributed by atoms with Gasteiger partial charge in [-0.25, -0.2) is 38.5 Å². The molecule has 22 nitrogen and oxygen atoms in total. The topological polar surface area (TPSA) is 279 Å². The van der Waals surface area contributed by atoms with Gasteiger partial charge < -0.3 is 63.7 Å². The molecule has 0 unspecified atom stereocenters. The quantitative estimate of drug-likeness (QED) is 0.0269. The van der Waals surface area contributed by atoms with E-state index in [2.05, 4.69) is 40.9 Å². The maximum Gasteiger partial charge on any atom is 0.326 e. The molecule has 4 N–H and O–H groups in total. The highest BCUT2D eigenvalue weighted by atomic mass is 35.5. The predicted molar refractivity (Wildman–Crippen MR) is 301 cm³/mol. The van der Waals surface area contributed by atoms with E-state index in [9.17, 15) is 29.1 Å². The molecule has 6 aromatic rings. The number of anilines is 1. The van der Waals surface area contributed by atoms with Crippen molar-refractivity contribution in [3.05, 3.63) is 118 Å². The van der Waals surface area contributed by atoms with E-state index in [1.807, 2.05) is 26.8 Å². The van der Waals surface area contributed by atoms with Gasteiger partial charge in [0, 0.05) is 54.5 Å². The number of pyridine rings is 3. The molecule has 0 aliphatic rings. The maximum absolute atomic E-state index is 15.4. The first-order valence-corrected chi connectivity index (χ1v) is 27.1. The minimum Gasteiger partial charge on any atom is -0.484 e. The third kappa shape index (κ3) is 21.8. The summed E-state index contributed by atoms with van der Waals surface area (Å²) in [6, 6.07) is 15.3. The monoisotopic (exact) mass is 1170 g/mol. The van der Waals surface area contributed by atoms with Gasteiger partial charge in [0.2, 0.25) is 5.88 Å². The zero-order chi connectivity index (χ0) is 59.6. The fourth-order valence-corrected chi connectivity index (χ4v) is 7.79. The van der Waals surface area contributed by atoms with Gasteiger partial charge in [-0.1, -0.05) is 38.4 Å². The number of aliphatic carboxylic acids is 1. The number of hydrogen-bond acceptors (Lipinski definition) is 19. The van der Waals surface area contributed by atoms with Crippen molar-refractivity contribution in [1.82, 2.24) is 35.6 Å². The molecule has 4 aromatic heterocycles. The molecule has 83 heavy (non-hydrogen) atoms. The Bertz CT molecular complexity index is 3100. The number of hydrogen-bond donors (Lipinski definition) is 4. The van der Waals surface area contributed by atoms with Crippen LogP contribution >= 0.6 is 11.6 Å². The molecular weight excluding hydrogens is 1100 g/mol. The average molecular weight is 1170 g/mol. The van der Waals surface area contributed by atoms with Crippen LogP contribution in [-0.4, -0.2) is 153 Å². The number of fused-ring (bicyclic) bond motifs is 1. The van der Waals surface area contributed by atoms with Gasteiger partial charge in [-0.2, -0.15) is 5.26 Å². The molecule has 0 aliphatic heterocycles. The van der Waals surface area contributed by atoms with Gasteiger partial charge in [-0.15, -0.1) is 0 Å². The van der Waals surface area contributed by atoms with Gasteiger partial charge in [-0.3, -0.25) is 9.59 Å². The highest BCUT2D eigenvalue weighted by Gasteiger charge is 2.24. The normalized spacial score (nSPS) is 12.1. The standard InChI is InChI=1S/C58H68ClF2N9O13/c1-37(44-29-39(32-62)9-11-45(44)60)68-54-51(59)38(2)67-48-31-46(61)52(70-53(48)54)41-34-65-57(66-35-41)81-28-27-80-26-25-79-24-23-78-22-21-77-20-19-76-18-17-75-16-15-63-49(71)36-82-42-7-6-8-43(30-42)83-50-12-10-40(33-64-50)55(72)69-47(56(73)74)13-14-58(3,4)5/h6-12,29-31,33-35,37,47H,13-28,36H2,1-5H3,(H,63,71)(H,67,68)(H,69,72)(H,73,74)/t37-,47+/m1/s1. The van der Waals surface area contributed by atoms with Crippen molar-refractivity contribution in [3.8, 4) is 40.7 Å². The summed E-state index contributed by atoms with van der Waals surface area (Å²) in [6.07, 6.45) is 4.97. The highest BCUT2D eigenvalue weighted by Crippen LogP contribution is 2.37. The Morgan fingerprint density at radius 1 is 0.747 bits per heavy atom. The van der Waals surface area contributed by atoms with Crippen LogP contribution in [0.2, 0.25) is 5.02 Å². The number of carboxylic acid groups (broad SMARTS) is 1. The molecule has 0 fully saturated rings. The van der Waals surface area contributed by atoms with Crippen LogP contribution in [0.15, 0.2) is 79.3 Å². The summed E-state index contributed by atoms with van der Waals surface area (Å²) in [4.78, 5) is 58.2. The van der Waals surface area contributed by atoms with Crippen LogP contribution in [0.1, 0.15) is 73.8 Å². The summed E-state index contributed by atoms with van der Waals surface area (Å²) < 4.78 is 80.4. The Kier molecular flexibility index (Phi) is 25.9. The largest absolute Gasteiger partial charge is 0.484 e. The van der Waals surface area contributed by atoms with E-state index in [0.29, 0.717) is 107 Å². The second-order valence-electron chi connectivity index (χ2n) is 19.6. The van der Waals surface area contributed by atoms with Crippen molar-refractivity contribution in [3.63, 3.8) is 0 Å². The summed E-state index contributed by atoms with van der Waals surface area (Å²) >= 11 is 6.66. The van der Waals surface area contributed by atoms with E-state index >= 15 is 4.39 Å². The molecule has 0 saturated heterocycles. The molecule has 4 heterocycles. The number of nitriles is 1. The number of carbonyl (C=O) groups is 3. The van der Waals surface area contributed by atoms with Gasteiger partial charge >= 0.3 is 12.0 Å². The Morgan fingerprint density at radius 3 is 1.98 bits per heavy atom. The molecule has 2 atom stereocenters. The van der Waals surface area contributed by atoms with Crippen molar-refractivity contribution in [2.45, 2.75) is 59.5 Å². The Balaban J connectivity index is 0.725. The fourth-order valence-electron chi connectivity index (χ4n) is 7.61. The van der Waals surface area contributed by atoms with E-state index in [1.54, 1.807) is 38.1 Å². The molecule has 0 saturated carbocycles. The molecule has 0 radical (unpaired) electrons. The maximum atomic E-state index is 15.4. The number of ether oxygens (including phenoxy) is 9. The van der Waals surface area contributed by atoms with Gasteiger partial charge in [0.15, 0.2) is 12.4 Å². The minimum atomic E-state index is -1.10. The molecule has 0 bridgehead atoms. The second kappa shape index (κ2) is 33.4. The van der Waals surface area contributed by atoms with Gasteiger partial charge in [0.25, 0.3) is 11.8 Å². The smallest absolute Gasteiger partial charge is 0.326 e. The molecule has 444 valence electrons. The van der Waals surface area contributed by atoms with E-state index < -0.39 is 35.6 Å². The molecule has 0 spiro atoms. The molecule has 25 heteroatoms. The number of rotatable bonds is 36. The molecule has 0 aliphatic carbocycles. The van der Waals surface area contributed by atoms with Gasteiger partial charge in [0.1, 0.15) is 41.2 Å². The molecule has 2 aromatic carbocycles. The van der Waals surface area contributed by atoms with Crippen molar-refractivity contribution < 1.29 is 70.9 Å². The van der Waals surface area contributed by atoms with Crippen LogP contribution < -0.4 is 30.2 Å². The lowest BCUT2D eigenvalue weighted by molar-refractivity contribution is -0.139. The van der Waals surface area contributed by atoms with Crippen LogP contribution in [0.3, 0.4) is 0 Å². The zero-order valence-corrected chi connectivity index (χ0v) is 47.6. The van der Waals surface area contributed by atoms with E-state index in [1.165, 1.54) is 55.0 Å². The van der Waals surface area contributed by atoms with Crippen LogP contribution in [0, 0.1) is 35.3 Å². The first-order chi connectivity index (χ1) is 40.0. The number of nitrogens with zero attached hydrogens (tertiary/aromatic N) is 6. The van der Waals surface area contributed by atoms with Gasteiger partial charge in [0.05, 0.1) is 124 Å². The summed E-state index contributed by atoms with van der Waals surface area (Å²) in [5.74, 6) is -2.20. The average Bonchev–Trinajstić information content (AvgIpc) is 3.65. The number of benzene rings is 2. The molecule has 2 amide bonds. The lowest BCUT2D eigenvalue weighted by atomic mass is 9.88.